The summed E-state index contributed by atoms with van der Waals surface area (Å²) in [7, 11) is 3.07. The van der Waals surface area contributed by atoms with Crippen LogP contribution in [0.5, 0.6) is 5.75 Å². The number of likely N-dealkylation sites (N-methyl/N-ethyl adjacent to an activating group) is 1. The van der Waals surface area contributed by atoms with Crippen LogP contribution in [-0.4, -0.2) is 49.0 Å². The monoisotopic (exact) mass is 391 g/mol. The molecule has 1 N–H and O–H groups in total. The lowest BCUT2D eigenvalue weighted by molar-refractivity contribution is 0.0762. The minimum atomic E-state index is -0.330. The van der Waals surface area contributed by atoms with Crippen LogP contribution in [0.2, 0.25) is 0 Å². The number of hydrogen-bond acceptors (Lipinski definition) is 4. The van der Waals surface area contributed by atoms with Crippen LogP contribution in [0.4, 0.5) is 0 Å². The number of carbonyl (C=O) groups is 2. The van der Waals surface area contributed by atoms with Gasteiger partial charge >= 0.3 is 0 Å². The van der Waals surface area contributed by atoms with Crippen molar-refractivity contribution in [3.05, 3.63) is 63.6 Å². The molecule has 0 saturated heterocycles. The van der Waals surface area contributed by atoms with Crippen LogP contribution in [-0.2, 0) is 0 Å². The number of aliphatic hydroxyl groups excluding tert-OH is 1. The molecule has 0 heterocycles. The molecule has 6 heteroatoms. The lowest BCUT2D eigenvalue weighted by Gasteiger charge is -2.18. The molecule has 0 atom stereocenters. The van der Waals surface area contributed by atoms with Gasteiger partial charge in [-0.15, -0.1) is 0 Å². The molecule has 5 nitrogen and oxygen atoms in total. The number of carbonyl (C=O) groups excluding carboxylic acids is 2. The van der Waals surface area contributed by atoms with Crippen LogP contribution in [0.1, 0.15) is 26.3 Å². The first-order chi connectivity index (χ1) is 11.5. The second-order valence-electron chi connectivity index (χ2n) is 5.17. The number of aliphatic hydroxyl groups is 1. The zero-order valence-corrected chi connectivity index (χ0v) is 15.0. The van der Waals surface area contributed by atoms with Gasteiger partial charge in [-0.3, -0.25) is 9.59 Å². The van der Waals surface area contributed by atoms with Crippen molar-refractivity contribution in [3.63, 3.8) is 0 Å². The fourth-order valence-electron chi connectivity index (χ4n) is 2.33. The summed E-state index contributed by atoms with van der Waals surface area (Å²) in [5.74, 6) is -0.170. The summed E-state index contributed by atoms with van der Waals surface area (Å²) in [4.78, 5) is 26.9. The highest BCUT2D eigenvalue weighted by atomic mass is 79.9. The molecule has 0 aliphatic carbocycles. The molecule has 0 saturated carbocycles. The number of ether oxygens (including phenoxy) is 1. The molecule has 0 spiro atoms. The van der Waals surface area contributed by atoms with Crippen molar-refractivity contribution in [2.45, 2.75) is 0 Å². The molecule has 0 unspecified atom stereocenters. The molecule has 0 fully saturated rings. The van der Waals surface area contributed by atoms with E-state index in [0.29, 0.717) is 15.8 Å². The molecule has 0 aliphatic rings. The van der Waals surface area contributed by atoms with Gasteiger partial charge in [-0.25, -0.2) is 0 Å². The van der Waals surface area contributed by atoms with Crippen LogP contribution < -0.4 is 4.74 Å². The second-order valence-corrected chi connectivity index (χ2v) is 6.09. The number of methoxy groups -OCH3 is 1. The van der Waals surface area contributed by atoms with E-state index in [0.717, 1.165) is 0 Å². The molecule has 2 rings (SSSR count). The lowest BCUT2D eigenvalue weighted by atomic mass is 9.97. The Morgan fingerprint density at radius 2 is 1.83 bits per heavy atom. The molecule has 1 amide bonds. The zero-order valence-electron chi connectivity index (χ0n) is 13.5. The molecule has 0 radical (unpaired) electrons. The van der Waals surface area contributed by atoms with Crippen molar-refractivity contribution in [2.75, 3.05) is 27.3 Å². The zero-order chi connectivity index (χ0) is 17.7. The number of amides is 1. The van der Waals surface area contributed by atoms with Gasteiger partial charge in [0.25, 0.3) is 5.91 Å². The Bertz CT molecular complexity index is 760. The average Bonchev–Trinajstić information content (AvgIpc) is 2.60. The second kappa shape index (κ2) is 8.08. The van der Waals surface area contributed by atoms with Gasteiger partial charge in [-0.05, 0) is 30.3 Å². The van der Waals surface area contributed by atoms with E-state index in [1.54, 1.807) is 49.5 Å². The van der Waals surface area contributed by atoms with E-state index in [1.807, 2.05) is 0 Å². The van der Waals surface area contributed by atoms with Crippen LogP contribution >= 0.6 is 15.9 Å². The lowest BCUT2D eigenvalue weighted by Crippen LogP contribution is -2.30. The number of rotatable bonds is 6. The van der Waals surface area contributed by atoms with Gasteiger partial charge in [0.15, 0.2) is 5.78 Å². The Morgan fingerprint density at radius 1 is 1.12 bits per heavy atom. The first-order valence-corrected chi connectivity index (χ1v) is 8.12. The Labute approximate surface area is 149 Å². The average molecular weight is 392 g/mol. The number of ketones is 1. The number of halogens is 1. The normalized spacial score (nSPS) is 10.3. The van der Waals surface area contributed by atoms with Gasteiger partial charge in [0.2, 0.25) is 0 Å². The van der Waals surface area contributed by atoms with E-state index in [1.165, 1.54) is 12.0 Å². The maximum absolute atomic E-state index is 12.9. The molecule has 24 heavy (non-hydrogen) atoms. The van der Waals surface area contributed by atoms with Gasteiger partial charge in [0.1, 0.15) is 5.75 Å². The standard InChI is InChI=1S/C18H18BrNO4/c1-20(9-10-21)18(23)15-11-12(19)7-8-13(15)17(22)14-5-3-4-6-16(14)24-2/h3-8,11,21H,9-10H2,1-2H3. The molecule has 126 valence electrons. The summed E-state index contributed by atoms with van der Waals surface area (Å²) in [6.45, 7) is 0.0413. The first kappa shape index (κ1) is 18.2. The predicted octanol–water partition coefficient (Wildman–Crippen LogP) is 2.75. The smallest absolute Gasteiger partial charge is 0.254 e. The Hall–Kier alpha value is -2.18. The summed E-state index contributed by atoms with van der Waals surface area (Å²) in [5, 5.41) is 9.03. The highest BCUT2D eigenvalue weighted by Gasteiger charge is 2.23. The van der Waals surface area contributed by atoms with E-state index in [-0.39, 0.29) is 36.0 Å². The summed E-state index contributed by atoms with van der Waals surface area (Å²) < 4.78 is 5.93. The SMILES string of the molecule is COc1ccccc1C(=O)c1ccc(Br)cc1C(=O)N(C)CCO. The highest BCUT2D eigenvalue weighted by molar-refractivity contribution is 9.10. The number of para-hydroxylation sites is 1. The third-order valence-electron chi connectivity index (χ3n) is 3.59. The largest absolute Gasteiger partial charge is 0.496 e. The van der Waals surface area contributed by atoms with Crippen LogP contribution in [0.25, 0.3) is 0 Å². The molecule has 0 aromatic heterocycles. The third-order valence-corrected chi connectivity index (χ3v) is 4.08. The molecular formula is C18H18BrNO4. The van der Waals surface area contributed by atoms with Crippen molar-refractivity contribution in [1.29, 1.82) is 0 Å². The van der Waals surface area contributed by atoms with Gasteiger partial charge < -0.3 is 14.7 Å². The molecule has 2 aromatic rings. The predicted molar refractivity (Wildman–Crippen MR) is 94.6 cm³/mol. The number of benzene rings is 2. The van der Waals surface area contributed by atoms with Crippen molar-refractivity contribution >= 4 is 27.6 Å². The maximum Gasteiger partial charge on any atom is 0.254 e. The molecular weight excluding hydrogens is 374 g/mol. The Morgan fingerprint density at radius 3 is 2.50 bits per heavy atom. The van der Waals surface area contributed by atoms with E-state index < -0.39 is 0 Å². The Kier molecular flexibility index (Phi) is 6.11. The van der Waals surface area contributed by atoms with Crippen molar-refractivity contribution in [1.82, 2.24) is 4.90 Å². The van der Waals surface area contributed by atoms with Gasteiger partial charge in [0, 0.05) is 23.6 Å². The van der Waals surface area contributed by atoms with E-state index in [9.17, 15) is 9.59 Å². The maximum atomic E-state index is 12.9. The van der Waals surface area contributed by atoms with Crippen molar-refractivity contribution < 1.29 is 19.4 Å². The molecule has 2 aromatic carbocycles. The fourth-order valence-corrected chi connectivity index (χ4v) is 2.69. The van der Waals surface area contributed by atoms with Crippen LogP contribution in [0, 0.1) is 0 Å². The highest BCUT2D eigenvalue weighted by Crippen LogP contribution is 2.25. The summed E-state index contributed by atoms with van der Waals surface area (Å²) in [6, 6.07) is 11.8. The van der Waals surface area contributed by atoms with E-state index in [4.69, 9.17) is 9.84 Å². The van der Waals surface area contributed by atoms with Gasteiger partial charge in [-0.1, -0.05) is 28.1 Å². The summed E-state index contributed by atoms with van der Waals surface area (Å²) >= 11 is 3.33. The minimum absolute atomic E-state index is 0.147. The number of hydrogen-bond donors (Lipinski definition) is 1. The summed E-state index contributed by atoms with van der Waals surface area (Å²) in [5.41, 5.74) is 0.954. The molecule has 0 aliphatic heterocycles. The van der Waals surface area contributed by atoms with Crippen LogP contribution in [0.3, 0.4) is 0 Å². The van der Waals surface area contributed by atoms with Crippen molar-refractivity contribution in [3.8, 4) is 5.75 Å². The van der Waals surface area contributed by atoms with Gasteiger partial charge in [-0.2, -0.15) is 0 Å². The fraction of sp³-hybridized carbons (Fsp3) is 0.222. The quantitative estimate of drug-likeness (QED) is 0.768. The minimum Gasteiger partial charge on any atom is -0.496 e. The van der Waals surface area contributed by atoms with Crippen LogP contribution in [0.15, 0.2) is 46.9 Å². The van der Waals surface area contributed by atoms with Gasteiger partial charge in [0.05, 0.1) is 24.8 Å². The van der Waals surface area contributed by atoms with E-state index in [2.05, 4.69) is 15.9 Å². The first-order valence-electron chi connectivity index (χ1n) is 7.33. The Balaban J connectivity index is 2.50. The van der Waals surface area contributed by atoms with E-state index >= 15 is 0 Å². The topological polar surface area (TPSA) is 66.8 Å². The molecule has 0 bridgehead atoms. The number of nitrogens with zero attached hydrogens (tertiary/aromatic N) is 1. The summed E-state index contributed by atoms with van der Waals surface area (Å²) in [6.07, 6.45) is 0. The third kappa shape index (κ3) is 3.83. The van der Waals surface area contributed by atoms with Crippen molar-refractivity contribution in [2.24, 2.45) is 0 Å².